The van der Waals surface area contributed by atoms with E-state index in [1.54, 1.807) is 4.90 Å². The standard InChI is InChI=1S/C24H32N2O2/c1-3-4-18-25-24(28)20(2)26(19-17-22-13-9-6-10-14-22)23(27)16-15-21-11-7-5-8-12-21/h5-14,20H,3-4,15-19H2,1-2H3,(H,25,28). The molecule has 0 spiro atoms. The number of benzene rings is 2. The molecule has 0 fully saturated rings. The third-order valence-electron chi connectivity index (χ3n) is 4.95. The zero-order valence-electron chi connectivity index (χ0n) is 17.1. The Balaban J connectivity index is 2.00. The molecule has 150 valence electrons. The van der Waals surface area contributed by atoms with Gasteiger partial charge in [0.1, 0.15) is 6.04 Å². The van der Waals surface area contributed by atoms with Crippen LogP contribution in [0.5, 0.6) is 0 Å². The number of hydrogen-bond acceptors (Lipinski definition) is 2. The Bertz CT molecular complexity index is 716. The van der Waals surface area contributed by atoms with Gasteiger partial charge in [0.05, 0.1) is 0 Å². The van der Waals surface area contributed by atoms with Gasteiger partial charge in [0, 0.05) is 19.5 Å². The van der Waals surface area contributed by atoms with Crippen molar-refractivity contribution in [1.29, 1.82) is 0 Å². The van der Waals surface area contributed by atoms with Gasteiger partial charge < -0.3 is 10.2 Å². The van der Waals surface area contributed by atoms with Gasteiger partial charge in [-0.1, -0.05) is 74.0 Å². The fourth-order valence-electron chi connectivity index (χ4n) is 3.15. The molecule has 2 aromatic rings. The number of unbranched alkanes of at least 4 members (excludes halogenated alkanes) is 1. The van der Waals surface area contributed by atoms with Gasteiger partial charge in [-0.05, 0) is 37.3 Å². The molecule has 2 rings (SSSR count). The Kier molecular flexibility index (Phi) is 9.26. The highest BCUT2D eigenvalue weighted by Gasteiger charge is 2.25. The van der Waals surface area contributed by atoms with Crippen molar-refractivity contribution in [1.82, 2.24) is 10.2 Å². The average Bonchev–Trinajstić information content (AvgIpc) is 2.73. The molecule has 2 amide bonds. The summed E-state index contributed by atoms with van der Waals surface area (Å²) in [4.78, 5) is 27.2. The smallest absolute Gasteiger partial charge is 0.242 e. The lowest BCUT2D eigenvalue weighted by molar-refractivity contribution is -0.139. The van der Waals surface area contributed by atoms with Gasteiger partial charge in [-0.25, -0.2) is 0 Å². The second kappa shape index (κ2) is 12.0. The molecule has 2 aromatic carbocycles. The summed E-state index contributed by atoms with van der Waals surface area (Å²) in [6.45, 7) is 5.12. The number of rotatable bonds is 11. The Morgan fingerprint density at radius 3 is 2.07 bits per heavy atom. The summed E-state index contributed by atoms with van der Waals surface area (Å²) in [6.07, 6.45) is 3.81. The first-order chi connectivity index (χ1) is 13.6. The van der Waals surface area contributed by atoms with Crippen LogP contribution in [0.25, 0.3) is 0 Å². The number of nitrogens with one attached hydrogen (secondary N) is 1. The lowest BCUT2D eigenvalue weighted by Gasteiger charge is -2.29. The zero-order valence-corrected chi connectivity index (χ0v) is 17.1. The van der Waals surface area contributed by atoms with E-state index in [9.17, 15) is 9.59 Å². The van der Waals surface area contributed by atoms with Crippen molar-refractivity contribution in [2.45, 2.75) is 52.0 Å². The Labute approximate surface area is 169 Å². The quantitative estimate of drug-likeness (QED) is 0.599. The van der Waals surface area contributed by atoms with Gasteiger partial charge in [0.25, 0.3) is 0 Å². The van der Waals surface area contributed by atoms with Crippen LogP contribution in [0.4, 0.5) is 0 Å². The van der Waals surface area contributed by atoms with Gasteiger partial charge in [0.2, 0.25) is 11.8 Å². The molecule has 0 aromatic heterocycles. The fourth-order valence-corrected chi connectivity index (χ4v) is 3.15. The molecule has 0 aliphatic heterocycles. The lowest BCUT2D eigenvalue weighted by Crippen LogP contribution is -2.49. The van der Waals surface area contributed by atoms with E-state index in [1.807, 2.05) is 55.5 Å². The van der Waals surface area contributed by atoms with Gasteiger partial charge >= 0.3 is 0 Å². The van der Waals surface area contributed by atoms with Crippen molar-refractivity contribution in [2.24, 2.45) is 0 Å². The number of carbonyl (C=O) groups is 2. The van der Waals surface area contributed by atoms with Gasteiger partial charge in [-0.3, -0.25) is 9.59 Å². The topological polar surface area (TPSA) is 49.4 Å². The molecule has 0 aliphatic rings. The molecule has 28 heavy (non-hydrogen) atoms. The van der Waals surface area contributed by atoms with Gasteiger partial charge in [0.15, 0.2) is 0 Å². The first-order valence-corrected chi connectivity index (χ1v) is 10.3. The van der Waals surface area contributed by atoms with Crippen LogP contribution in [-0.2, 0) is 22.4 Å². The summed E-state index contributed by atoms with van der Waals surface area (Å²) in [5, 5.41) is 2.96. The van der Waals surface area contributed by atoms with Crippen LogP contribution in [-0.4, -0.2) is 35.8 Å². The van der Waals surface area contributed by atoms with E-state index >= 15 is 0 Å². The SMILES string of the molecule is CCCCNC(=O)C(C)N(CCc1ccccc1)C(=O)CCc1ccccc1. The third kappa shape index (κ3) is 7.18. The van der Waals surface area contributed by atoms with Crippen molar-refractivity contribution < 1.29 is 9.59 Å². The van der Waals surface area contributed by atoms with Crippen LogP contribution in [0.1, 0.15) is 44.2 Å². The molecule has 0 saturated heterocycles. The van der Waals surface area contributed by atoms with Crippen LogP contribution in [0.2, 0.25) is 0 Å². The molecule has 1 unspecified atom stereocenters. The molecule has 4 nitrogen and oxygen atoms in total. The minimum atomic E-state index is -0.469. The molecule has 0 aliphatic carbocycles. The van der Waals surface area contributed by atoms with E-state index in [0.717, 1.165) is 24.8 Å². The Morgan fingerprint density at radius 1 is 0.929 bits per heavy atom. The zero-order chi connectivity index (χ0) is 20.2. The van der Waals surface area contributed by atoms with Crippen LogP contribution in [0.15, 0.2) is 60.7 Å². The molecule has 0 radical (unpaired) electrons. The van der Waals surface area contributed by atoms with Gasteiger partial charge in [-0.15, -0.1) is 0 Å². The first kappa shape index (κ1) is 21.7. The van der Waals surface area contributed by atoms with E-state index in [-0.39, 0.29) is 11.8 Å². The van der Waals surface area contributed by atoms with Crippen LogP contribution >= 0.6 is 0 Å². The number of hydrogen-bond donors (Lipinski definition) is 1. The van der Waals surface area contributed by atoms with Crippen molar-refractivity contribution >= 4 is 11.8 Å². The summed E-state index contributed by atoms with van der Waals surface area (Å²) in [5.41, 5.74) is 2.31. The molecule has 1 atom stereocenters. The highest BCUT2D eigenvalue weighted by molar-refractivity contribution is 5.87. The van der Waals surface area contributed by atoms with E-state index in [2.05, 4.69) is 24.4 Å². The molecular formula is C24H32N2O2. The van der Waals surface area contributed by atoms with Crippen LogP contribution < -0.4 is 5.32 Å². The first-order valence-electron chi connectivity index (χ1n) is 10.3. The average molecular weight is 381 g/mol. The van der Waals surface area contributed by atoms with E-state index in [0.29, 0.717) is 25.9 Å². The minimum Gasteiger partial charge on any atom is -0.354 e. The Hall–Kier alpha value is -2.62. The normalized spacial score (nSPS) is 11.6. The van der Waals surface area contributed by atoms with E-state index in [1.165, 1.54) is 5.56 Å². The lowest BCUT2D eigenvalue weighted by atomic mass is 10.1. The summed E-state index contributed by atoms with van der Waals surface area (Å²) < 4.78 is 0. The second-order valence-electron chi connectivity index (χ2n) is 7.13. The molecule has 4 heteroatoms. The van der Waals surface area contributed by atoms with Crippen molar-refractivity contribution in [2.75, 3.05) is 13.1 Å². The highest BCUT2D eigenvalue weighted by atomic mass is 16.2. The van der Waals surface area contributed by atoms with Crippen molar-refractivity contribution in [3.63, 3.8) is 0 Å². The summed E-state index contributed by atoms with van der Waals surface area (Å²) >= 11 is 0. The number of aryl methyl sites for hydroxylation is 1. The largest absolute Gasteiger partial charge is 0.354 e. The summed E-state index contributed by atoms with van der Waals surface area (Å²) in [5.74, 6) is -0.0486. The maximum atomic E-state index is 13.0. The van der Waals surface area contributed by atoms with Crippen molar-refractivity contribution in [3.05, 3.63) is 71.8 Å². The molecule has 0 saturated carbocycles. The predicted molar refractivity (Wildman–Crippen MR) is 114 cm³/mol. The number of carbonyl (C=O) groups excluding carboxylic acids is 2. The van der Waals surface area contributed by atoms with Gasteiger partial charge in [-0.2, -0.15) is 0 Å². The van der Waals surface area contributed by atoms with E-state index < -0.39 is 6.04 Å². The van der Waals surface area contributed by atoms with E-state index in [4.69, 9.17) is 0 Å². The molecule has 1 N–H and O–H groups in total. The number of amides is 2. The summed E-state index contributed by atoms with van der Waals surface area (Å²) in [7, 11) is 0. The molecule has 0 heterocycles. The maximum absolute atomic E-state index is 13.0. The second-order valence-corrected chi connectivity index (χ2v) is 7.13. The van der Waals surface area contributed by atoms with Crippen molar-refractivity contribution in [3.8, 4) is 0 Å². The minimum absolute atomic E-state index is 0.0259. The third-order valence-corrected chi connectivity index (χ3v) is 4.95. The van der Waals surface area contributed by atoms with Crippen LogP contribution in [0.3, 0.4) is 0 Å². The highest BCUT2D eigenvalue weighted by Crippen LogP contribution is 2.10. The fraction of sp³-hybridized carbons (Fsp3) is 0.417. The molecular weight excluding hydrogens is 348 g/mol. The predicted octanol–water partition coefficient (Wildman–Crippen LogP) is 4.00. The van der Waals surface area contributed by atoms with Crippen LogP contribution in [0, 0.1) is 0 Å². The monoisotopic (exact) mass is 380 g/mol. The Morgan fingerprint density at radius 2 is 1.50 bits per heavy atom. The summed E-state index contributed by atoms with van der Waals surface area (Å²) in [6, 6.07) is 19.6. The number of nitrogens with zero attached hydrogens (tertiary/aromatic N) is 1. The maximum Gasteiger partial charge on any atom is 0.242 e. The molecule has 0 bridgehead atoms.